The largest absolute Gasteiger partial charge is 0.495 e. The predicted molar refractivity (Wildman–Crippen MR) is 81.1 cm³/mol. The topological polar surface area (TPSA) is 41.6 Å². The molecular weight excluding hydrogens is 252 g/mol. The van der Waals surface area contributed by atoms with Crippen LogP contribution in [-0.4, -0.2) is 37.6 Å². The molecular formula is C16H24N2O2. The molecule has 0 radical (unpaired) electrons. The van der Waals surface area contributed by atoms with Crippen LogP contribution in [0.15, 0.2) is 24.3 Å². The summed E-state index contributed by atoms with van der Waals surface area (Å²) < 4.78 is 5.28. The fraction of sp³-hybridized carbons (Fsp3) is 0.562. The van der Waals surface area contributed by atoms with E-state index in [1.54, 1.807) is 7.11 Å². The van der Waals surface area contributed by atoms with Crippen molar-refractivity contribution >= 4 is 11.6 Å². The number of anilines is 1. The van der Waals surface area contributed by atoms with Crippen LogP contribution < -0.4 is 10.1 Å². The molecule has 1 amide bonds. The molecule has 1 aromatic rings. The number of likely N-dealkylation sites (tertiary alicyclic amines) is 1. The average molecular weight is 276 g/mol. The van der Waals surface area contributed by atoms with Crippen molar-refractivity contribution in [3.8, 4) is 5.75 Å². The second-order valence-corrected chi connectivity index (χ2v) is 5.17. The minimum absolute atomic E-state index is 0.259. The summed E-state index contributed by atoms with van der Waals surface area (Å²) in [5, 5.41) is 3.28. The van der Waals surface area contributed by atoms with Gasteiger partial charge in [0.25, 0.3) is 0 Å². The number of nitrogens with one attached hydrogen (secondary N) is 1. The van der Waals surface area contributed by atoms with E-state index in [2.05, 4.69) is 5.32 Å². The van der Waals surface area contributed by atoms with Gasteiger partial charge < -0.3 is 15.0 Å². The van der Waals surface area contributed by atoms with E-state index in [0.717, 1.165) is 37.4 Å². The first-order chi connectivity index (χ1) is 9.81. The number of rotatable bonds is 5. The number of methoxy groups -OCH3 is 1. The van der Waals surface area contributed by atoms with Crippen molar-refractivity contribution in [2.45, 2.75) is 32.1 Å². The van der Waals surface area contributed by atoms with Gasteiger partial charge in [-0.2, -0.15) is 0 Å². The molecule has 1 aromatic carbocycles. The number of hydrogen-bond donors (Lipinski definition) is 1. The zero-order chi connectivity index (χ0) is 14.2. The zero-order valence-electron chi connectivity index (χ0n) is 12.2. The zero-order valence-corrected chi connectivity index (χ0v) is 12.2. The fourth-order valence-corrected chi connectivity index (χ4v) is 2.57. The Bertz CT molecular complexity index is 426. The molecule has 0 aliphatic carbocycles. The first kappa shape index (κ1) is 14.7. The average Bonchev–Trinajstić information content (AvgIpc) is 2.77. The maximum Gasteiger partial charge on any atom is 0.224 e. The number of ether oxygens (including phenoxy) is 1. The molecule has 1 N–H and O–H groups in total. The third kappa shape index (κ3) is 4.15. The summed E-state index contributed by atoms with van der Waals surface area (Å²) in [4.78, 5) is 14.2. The Morgan fingerprint density at radius 2 is 1.90 bits per heavy atom. The maximum atomic E-state index is 12.2. The quantitative estimate of drug-likeness (QED) is 0.899. The van der Waals surface area contributed by atoms with Crippen molar-refractivity contribution in [1.82, 2.24) is 4.90 Å². The van der Waals surface area contributed by atoms with Gasteiger partial charge in [0.2, 0.25) is 5.91 Å². The lowest BCUT2D eigenvalue weighted by Gasteiger charge is -2.20. The third-order valence-corrected chi connectivity index (χ3v) is 3.72. The van der Waals surface area contributed by atoms with E-state index in [0.29, 0.717) is 13.0 Å². The van der Waals surface area contributed by atoms with E-state index in [9.17, 15) is 4.79 Å². The molecule has 1 saturated heterocycles. The summed E-state index contributed by atoms with van der Waals surface area (Å²) in [5.74, 6) is 1.07. The molecule has 110 valence electrons. The van der Waals surface area contributed by atoms with Crippen molar-refractivity contribution < 1.29 is 9.53 Å². The van der Waals surface area contributed by atoms with Gasteiger partial charge in [-0.3, -0.25) is 4.79 Å². The number of carbonyl (C=O) groups is 1. The Hall–Kier alpha value is -1.71. The lowest BCUT2D eigenvalue weighted by Crippen LogP contribution is -2.32. The molecule has 20 heavy (non-hydrogen) atoms. The van der Waals surface area contributed by atoms with Crippen LogP contribution in [0, 0.1) is 0 Å². The van der Waals surface area contributed by atoms with Crippen LogP contribution in [-0.2, 0) is 4.79 Å². The molecule has 0 saturated carbocycles. The van der Waals surface area contributed by atoms with Crippen LogP contribution in [0.25, 0.3) is 0 Å². The molecule has 0 spiro atoms. The van der Waals surface area contributed by atoms with Crippen LogP contribution in [0.4, 0.5) is 5.69 Å². The molecule has 4 heteroatoms. The first-order valence-corrected chi connectivity index (χ1v) is 7.46. The number of carbonyl (C=O) groups excluding carboxylic acids is 1. The highest BCUT2D eigenvalue weighted by molar-refractivity contribution is 5.76. The van der Waals surface area contributed by atoms with Crippen LogP contribution in [0.1, 0.15) is 32.1 Å². The lowest BCUT2D eigenvalue weighted by atomic mass is 10.2. The highest BCUT2D eigenvalue weighted by Crippen LogP contribution is 2.22. The fourth-order valence-electron chi connectivity index (χ4n) is 2.57. The van der Waals surface area contributed by atoms with Gasteiger partial charge >= 0.3 is 0 Å². The molecule has 0 atom stereocenters. The van der Waals surface area contributed by atoms with Gasteiger partial charge in [0.1, 0.15) is 5.75 Å². The molecule has 1 aliphatic heterocycles. The monoisotopic (exact) mass is 276 g/mol. The maximum absolute atomic E-state index is 12.2. The van der Waals surface area contributed by atoms with Gasteiger partial charge in [0.05, 0.1) is 12.8 Å². The third-order valence-electron chi connectivity index (χ3n) is 3.72. The van der Waals surface area contributed by atoms with Crippen molar-refractivity contribution in [3.63, 3.8) is 0 Å². The number of nitrogens with zero attached hydrogens (tertiary/aromatic N) is 1. The van der Waals surface area contributed by atoms with Gasteiger partial charge in [-0.15, -0.1) is 0 Å². The summed E-state index contributed by atoms with van der Waals surface area (Å²) in [5.41, 5.74) is 0.943. The smallest absolute Gasteiger partial charge is 0.224 e. The molecule has 4 nitrogen and oxygen atoms in total. The summed E-state index contributed by atoms with van der Waals surface area (Å²) in [7, 11) is 1.66. The number of hydrogen-bond acceptors (Lipinski definition) is 3. The Kier molecular flexibility index (Phi) is 5.71. The number of benzene rings is 1. The second-order valence-electron chi connectivity index (χ2n) is 5.17. The first-order valence-electron chi connectivity index (χ1n) is 7.46. The molecule has 0 aromatic heterocycles. The molecule has 0 bridgehead atoms. The van der Waals surface area contributed by atoms with E-state index in [4.69, 9.17) is 4.74 Å². The van der Waals surface area contributed by atoms with Gasteiger partial charge in [-0.1, -0.05) is 25.0 Å². The number of amides is 1. The van der Waals surface area contributed by atoms with Gasteiger partial charge in [-0.05, 0) is 25.0 Å². The minimum atomic E-state index is 0.259. The summed E-state index contributed by atoms with van der Waals surface area (Å²) in [6, 6.07) is 7.78. The SMILES string of the molecule is COc1ccccc1NCCC(=O)N1CCCCCC1. The van der Waals surface area contributed by atoms with Crippen LogP contribution in [0.5, 0.6) is 5.75 Å². The van der Waals surface area contributed by atoms with Gasteiger partial charge in [-0.25, -0.2) is 0 Å². The summed E-state index contributed by atoms with van der Waals surface area (Å²) in [6.07, 6.45) is 5.34. The molecule has 1 fully saturated rings. The van der Waals surface area contributed by atoms with Crippen molar-refractivity contribution in [3.05, 3.63) is 24.3 Å². The van der Waals surface area contributed by atoms with E-state index in [1.807, 2.05) is 29.2 Å². The van der Waals surface area contributed by atoms with E-state index >= 15 is 0 Å². The molecule has 1 aliphatic rings. The Morgan fingerprint density at radius 3 is 2.60 bits per heavy atom. The van der Waals surface area contributed by atoms with E-state index < -0.39 is 0 Å². The van der Waals surface area contributed by atoms with Crippen molar-refractivity contribution in [2.24, 2.45) is 0 Å². The van der Waals surface area contributed by atoms with Crippen molar-refractivity contribution in [1.29, 1.82) is 0 Å². The Balaban J connectivity index is 1.78. The van der Waals surface area contributed by atoms with Crippen LogP contribution in [0.3, 0.4) is 0 Å². The molecule has 1 heterocycles. The highest BCUT2D eigenvalue weighted by atomic mass is 16.5. The van der Waals surface area contributed by atoms with Crippen LogP contribution in [0.2, 0.25) is 0 Å². The normalized spacial score (nSPS) is 15.6. The molecule has 2 rings (SSSR count). The lowest BCUT2D eigenvalue weighted by molar-refractivity contribution is -0.130. The summed E-state index contributed by atoms with van der Waals surface area (Å²) >= 11 is 0. The minimum Gasteiger partial charge on any atom is -0.495 e. The standard InChI is InChI=1S/C16H24N2O2/c1-20-15-9-5-4-8-14(15)17-11-10-16(19)18-12-6-2-3-7-13-18/h4-5,8-9,17H,2-3,6-7,10-13H2,1H3. The predicted octanol–water partition coefficient (Wildman–Crippen LogP) is 2.90. The van der Waals surface area contributed by atoms with E-state index in [1.165, 1.54) is 12.8 Å². The highest BCUT2D eigenvalue weighted by Gasteiger charge is 2.14. The Morgan fingerprint density at radius 1 is 1.20 bits per heavy atom. The Labute approximate surface area is 121 Å². The van der Waals surface area contributed by atoms with Crippen molar-refractivity contribution in [2.75, 3.05) is 32.1 Å². The van der Waals surface area contributed by atoms with E-state index in [-0.39, 0.29) is 5.91 Å². The van der Waals surface area contributed by atoms with Gasteiger partial charge in [0.15, 0.2) is 0 Å². The summed E-state index contributed by atoms with van der Waals surface area (Å²) in [6.45, 7) is 2.50. The number of para-hydroxylation sites is 2. The molecule has 0 unspecified atom stereocenters. The van der Waals surface area contributed by atoms with Gasteiger partial charge in [0, 0.05) is 26.1 Å². The second kappa shape index (κ2) is 7.78. The van der Waals surface area contributed by atoms with Crippen LogP contribution >= 0.6 is 0 Å².